The molecule has 0 saturated heterocycles. The molecule has 1 atom stereocenters. The fourth-order valence-corrected chi connectivity index (χ4v) is 2.33. The normalized spacial score (nSPS) is 12.2. The first kappa shape index (κ1) is 14.8. The lowest BCUT2D eigenvalue weighted by molar-refractivity contribution is 0.411. The van der Waals surface area contributed by atoms with Crippen LogP contribution in [0, 0.1) is 12.7 Å². The highest BCUT2D eigenvalue weighted by molar-refractivity contribution is 6.30. The molecule has 0 radical (unpaired) electrons. The summed E-state index contributed by atoms with van der Waals surface area (Å²) in [5.41, 5.74) is 8.69. The molecule has 20 heavy (non-hydrogen) atoms. The molecule has 0 aromatic heterocycles. The molecule has 0 saturated carbocycles. The zero-order chi connectivity index (χ0) is 14.7. The first-order chi connectivity index (χ1) is 9.51. The molecule has 2 aromatic rings. The minimum Gasteiger partial charge on any atom is -0.496 e. The van der Waals surface area contributed by atoms with E-state index in [1.807, 2.05) is 25.1 Å². The third-order valence-electron chi connectivity index (χ3n) is 3.30. The van der Waals surface area contributed by atoms with Crippen molar-refractivity contribution in [2.45, 2.75) is 19.4 Å². The zero-order valence-corrected chi connectivity index (χ0v) is 12.2. The highest BCUT2D eigenvalue weighted by Crippen LogP contribution is 2.25. The van der Waals surface area contributed by atoms with Gasteiger partial charge in [-0.25, -0.2) is 4.39 Å². The summed E-state index contributed by atoms with van der Waals surface area (Å²) >= 11 is 5.74. The zero-order valence-electron chi connectivity index (χ0n) is 11.5. The van der Waals surface area contributed by atoms with Gasteiger partial charge in [0.1, 0.15) is 11.6 Å². The van der Waals surface area contributed by atoms with Crippen molar-refractivity contribution in [3.8, 4) is 5.75 Å². The van der Waals surface area contributed by atoms with Gasteiger partial charge in [-0.15, -0.1) is 0 Å². The Morgan fingerprint density at radius 3 is 2.60 bits per heavy atom. The molecule has 2 rings (SSSR count). The van der Waals surface area contributed by atoms with Gasteiger partial charge in [0.15, 0.2) is 0 Å². The van der Waals surface area contributed by atoms with E-state index in [1.165, 1.54) is 6.07 Å². The topological polar surface area (TPSA) is 35.2 Å². The van der Waals surface area contributed by atoms with Crippen molar-refractivity contribution in [2.24, 2.45) is 5.73 Å². The molecule has 0 aliphatic heterocycles. The van der Waals surface area contributed by atoms with E-state index >= 15 is 0 Å². The first-order valence-electron chi connectivity index (χ1n) is 6.35. The Morgan fingerprint density at radius 2 is 2.00 bits per heavy atom. The molecule has 2 nitrogen and oxygen atoms in total. The Labute approximate surface area is 123 Å². The van der Waals surface area contributed by atoms with Crippen LogP contribution >= 0.6 is 11.6 Å². The number of hydrogen-bond donors (Lipinski definition) is 1. The quantitative estimate of drug-likeness (QED) is 0.923. The van der Waals surface area contributed by atoms with Gasteiger partial charge in [0.2, 0.25) is 0 Å². The van der Waals surface area contributed by atoms with E-state index in [9.17, 15) is 4.39 Å². The smallest absolute Gasteiger partial charge is 0.127 e. The molecule has 0 aliphatic rings. The average Bonchev–Trinajstić information content (AvgIpc) is 2.41. The molecular formula is C16H17ClFNO. The van der Waals surface area contributed by atoms with Gasteiger partial charge in [-0.3, -0.25) is 0 Å². The Bertz CT molecular complexity index is 615. The van der Waals surface area contributed by atoms with Crippen LogP contribution in [0.1, 0.15) is 22.7 Å². The van der Waals surface area contributed by atoms with Crippen LogP contribution in [0.2, 0.25) is 5.02 Å². The number of methoxy groups -OCH3 is 1. The molecule has 0 aliphatic carbocycles. The number of halogens is 2. The van der Waals surface area contributed by atoms with Gasteiger partial charge in [-0.1, -0.05) is 29.8 Å². The van der Waals surface area contributed by atoms with Crippen LogP contribution in [-0.2, 0) is 6.42 Å². The van der Waals surface area contributed by atoms with Crippen molar-refractivity contribution in [2.75, 3.05) is 7.11 Å². The third kappa shape index (κ3) is 3.30. The maximum absolute atomic E-state index is 13.8. The second-order valence-electron chi connectivity index (χ2n) is 4.78. The van der Waals surface area contributed by atoms with E-state index in [2.05, 4.69) is 0 Å². The van der Waals surface area contributed by atoms with Crippen molar-refractivity contribution in [3.05, 3.63) is 63.9 Å². The van der Waals surface area contributed by atoms with Gasteiger partial charge < -0.3 is 10.5 Å². The highest BCUT2D eigenvalue weighted by Gasteiger charge is 2.12. The van der Waals surface area contributed by atoms with Crippen molar-refractivity contribution >= 4 is 11.6 Å². The molecule has 0 fully saturated rings. The summed E-state index contributed by atoms with van der Waals surface area (Å²) in [5.74, 6) is 0.497. The lowest BCUT2D eigenvalue weighted by Gasteiger charge is -2.15. The largest absolute Gasteiger partial charge is 0.496 e. The summed E-state index contributed by atoms with van der Waals surface area (Å²) in [7, 11) is 1.63. The molecule has 0 bridgehead atoms. The van der Waals surface area contributed by atoms with Crippen molar-refractivity contribution in [1.82, 2.24) is 0 Å². The Kier molecular flexibility index (Phi) is 4.63. The molecule has 1 unspecified atom stereocenters. The molecule has 106 valence electrons. The molecule has 0 amide bonds. The number of nitrogens with two attached hydrogens (primary N) is 1. The number of benzene rings is 2. The molecule has 2 aromatic carbocycles. The fourth-order valence-electron chi connectivity index (χ4n) is 2.17. The van der Waals surface area contributed by atoms with Gasteiger partial charge >= 0.3 is 0 Å². The number of ether oxygens (including phenoxy) is 1. The molecule has 0 heterocycles. The molecule has 2 N–H and O–H groups in total. The SMILES string of the molecule is COc1ccc(C(N)Cc2ccc(Cl)cc2F)cc1C. The predicted molar refractivity (Wildman–Crippen MR) is 79.8 cm³/mol. The van der Waals surface area contributed by atoms with E-state index in [-0.39, 0.29) is 11.9 Å². The summed E-state index contributed by atoms with van der Waals surface area (Å²) < 4.78 is 19.0. The summed E-state index contributed by atoms with van der Waals surface area (Å²) in [4.78, 5) is 0. The fraction of sp³-hybridized carbons (Fsp3) is 0.250. The summed E-state index contributed by atoms with van der Waals surface area (Å²) in [6.45, 7) is 1.96. The van der Waals surface area contributed by atoms with E-state index < -0.39 is 0 Å². The van der Waals surface area contributed by atoms with Crippen LogP contribution in [0.3, 0.4) is 0 Å². The van der Waals surface area contributed by atoms with Gasteiger partial charge in [-0.05, 0) is 48.2 Å². The summed E-state index contributed by atoms with van der Waals surface area (Å²) in [5, 5.41) is 0.389. The van der Waals surface area contributed by atoms with E-state index in [1.54, 1.807) is 19.2 Å². The van der Waals surface area contributed by atoms with Crippen molar-refractivity contribution < 1.29 is 9.13 Å². The van der Waals surface area contributed by atoms with Gasteiger partial charge in [0, 0.05) is 11.1 Å². The summed E-state index contributed by atoms with van der Waals surface area (Å²) in [6.07, 6.45) is 0.425. The Morgan fingerprint density at radius 1 is 1.25 bits per heavy atom. The number of aryl methyl sites for hydroxylation is 1. The van der Waals surface area contributed by atoms with Crippen LogP contribution in [0.15, 0.2) is 36.4 Å². The standard InChI is InChI=1S/C16H17ClFNO/c1-10-7-12(4-6-16(10)20-2)15(19)8-11-3-5-13(17)9-14(11)18/h3-7,9,15H,8,19H2,1-2H3. The van der Waals surface area contributed by atoms with E-state index in [4.69, 9.17) is 22.1 Å². The van der Waals surface area contributed by atoms with Crippen molar-refractivity contribution in [1.29, 1.82) is 0 Å². The molecule has 0 spiro atoms. The number of hydrogen-bond acceptors (Lipinski definition) is 2. The minimum atomic E-state index is -0.321. The third-order valence-corrected chi connectivity index (χ3v) is 3.54. The van der Waals surface area contributed by atoms with Crippen LogP contribution in [0.5, 0.6) is 5.75 Å². The lowest BCUT2D eigenvalue weighted by atomic mass is 9.98. The van der Waals surface area contributed by atoms with Crippen molar-refractivity contribution in [3.63, 3.8) is 0 Å². The van der Waals surface area contributed by atoms with Gasteiger partial charge in [-0.2, -0.15) is 0 Å². The predicted octanol–water partition coefficient (Wildman–Crippen LogP) is 4.04. The van der Waals surface area contributed by atoms with Crippen LogP contribution < -0.4 is 10.5 Å². The maximum atomic E-state index is 13.8. The Balaban J connectivity index is 2.19. The first-order valence-corrected chi connectivity index (χ1v) is 6.73. The van der Waals surface area contributed by atoms with Crippen LogP contribution in [0.25, 0.3) is 0 Å². The van der Waals surface area contributed by atoms with Crippen LogP contribution in [0.4, 0.5) is 4.39 Å². The summed E-state index contributed by atoms with van der Waals surface area (Å²) in [6, 6.07) is 10.1. The van der Waals surface area contributed by atoms with E-state index in [0.29, 0.717) is 17.0 Å². The Hall–Kier alpha value is -1.58. The highest BCUT2D eigenvalue weighted by atomic mass is 35.5. The monoisotopic (exact) mass is 293 g/mol. The second-order valence-corrected chi connectivity index (χ2v) is 5.21. The maximum Gasteiger partial charge on any atom is 0.127 e. The minimum absolute atomic E-state index is 0.268. The number of rotatable bonds is 4. The van der Waals surface area contributed by atoms with Gasteiger partial charge in [0.25, 0.3) is 0 Å². The average molecular weight is 294 g/mol. The van der Waals surface area contributed by atoms with Gasteiger partial charge in [0.05, 0.1) is 7.11 Å². The lowest BCUT2D eigenvalue weighted by Crippen LogP contribution is -2.14. The second kappa shape index (κ2) is 6.25. The van der Waals surface area contributed by atoms with Crippen LogP contribution in [-0.4, -0.2) is 7.11 Å². The van der Waals surface area contributed by atoms with E-state index in [0.717, 1.165) is 16.9 Å². The molecule has 4 heteroatoms. The molecular weight excluding hydrogens is 277 g/mol.